The van der Waals surface area contributed by atoms with E-state index in [1.807, 2.05) is 0 Å². The summed E-state index contributed by atoms with van der Waals surface area (Å²) in [5.74, 6) is 0.578. The van der Waals surface area contributed by atoms with Crippen molar-refractivity contribution in [1.29, 1.82) is 0 Å². The van der Waals surface area contributed by atoms with Crippen LogP contribution in [0.25, 0.3) is 0 Å². The Morgan fingerprint density at radius 3 is 2.72 bits per heavy atom. The van der Waals surface area contributed by atoms with Crippen LogP contribution < -0.4 is 10.6 Å². The zero-order chi connectivity index (χ0) is 12.5. The Morgan fingerprint density at radius 1 is 1.22 bits per heavy atom. The lowest BCUT2D eigenvalue weighted by atomic mass is 9.85. The predicted molar refractivity (Wildman–Crippen MR) is 71.3 cm³/mol. The number of piperidine rings is 1. The third-order valence-corrected chi connectivity index (χ3v) is 5.22. The second kappa shape index (κ2) is 5.17. The Balaban J connectivity index is 1.63. The first-order valence-electron chi connectivity index (χ1n) is 7.50. The van der Waals surface area contributed by atoms with Crippen molar-refractivity contribution in [3.05, 3.63) is 0 Å². The van der Waals surface area contributed by atoms with Crippen LogP contribution in [0, 0.1) is 5.92 Å². The SMILES string of the molecule is CNC1CCC(N2CCCC3C(=O)NCC32)CC1. The van der Waals surface area contributed by atoms with Crippen molar-refractivity contribution in [2.45, 2.75) is 56.7 Å². The molecule has 0 radical (unpaired) electrons. The van der Waals surface area contributed by atoms with Crippen LogP contribution in [0.1, 0.15) is 38.5 Å². The van der Waals surface area contributed by atoms with E-state index in [4.69, 9.17) is 0 Å². The maximum atomic E-state index is 11.8. The van der Waals surface area contributed by atoms with Crippen LogP contribution >= 0.6 is 0 Å². The molecule has 18 heavy (non-hydrogen) atoms. The van der Waals surface area contributed by atoms with Crippen molar-refractivity contribution in [3.8, 4) is 0 Å². The topological polar surface area (TPSA) is 44.4 Å². The molecule has 2 N–H and O–H groups in total. The Labute approximate surface area is 109 Å². The van der Waals surface area contributed by atoms with E-state index in [-0.39, 0.29) is 5.92 Å². The minimum atomic E-state index is 0.278. The molecule has 3 aliphatic rings. The van der Waals surface area contributed by atoms with E-state index < -0.39 is 0 Å². The van der Waals surface area contributed by atoms with E-state index in [0.29, 0.717) is 18.0 Å². The summed E-state index contributed by atoms with van der Waals surface area (Å²) in [5, 5.41) is 6.45. The molecule has 0 aromatic heterocycles. The normalized spacial score (nSPS) is 41.5. The summed E-state index contributed by atoms with van der Waals surface area (Å²) in [5.41, 5.74) is 0. The standard InChI is InChI=1S/C14H25N3O/c1-15-10-4-6-11(7-5-10)17-8-2-3-12-13(17)9-16-14(12)18/h10-13,15H,2-9H2,1H3,(H,16,18). The van der Waals surface area contributed by atoms with Gasteiger partial charge in [0.25, 0.3) is 0 Å². The second-order valence-corrected chi connectivity index (χ2v) is 6.09. The molecule has 2 unspecified atom stereocenters. The van der Waals surface area contributed by atoms with E-state index in [1.54, 1.807) is 0 Å². The fourth-order valence-electron chi connectivity index (χ4n) is 4.13. The Hall–Kier alpha value is -0.610. The average molecular weight is 251 g/mol. The van der Waals surface area contributed by atoms with Crippen LogP contribution in [0.3, 0.4) is 0 Å². The molecule has 0 aromatic carbocycles. The first-order valence-corrected chi connectivity index (χ1v) is 7.50. The molecule has 2 aliphatic heterocycles. The van der Waals surface area contributed by atoms with E-state index in [9.17, 15) is 4.79 Å². The quantitative estimate of drug-likeness (QED) is 0.760. The smallest absolute Gasteiger partial charge is 0.224 e. The van der Waals surface area contributed by atoms with Crippen LogP contribution in [0.2, 0.25) is 0 Å². The van der Waals surface area contributed by atoms with Gasteiger partial charge in [-0.25, -0.2) is 0 Å². The maximum Gasteiger partial charge on any atom is 0.224 e. The number of hydrogen-bond acceptors (Lipinski definition) is 3. The van der Waals surface area contributed by atoms with Crippen LogP contribution in [0.5, 0.6) is 0 Å². The minimum Gasteiger partial charge on any atom is -0.354 e. The first kappa shape index (κ1) is 12.4. The molecule has 2 heterocycles. The van der Waals surface area contributed by atoms with Gasteiger partial charge in [-0.15, -0.1) is 0 Å². The Kier molecular flexibility index (Phi) is 3.57. The van der Waals surface area contributed by atoms with Gasteiger partial charge in [-0.1, -0.05) is 0 Å². The highest BCUT2D eigenvalue weighted by molar-refractivity contribution is 5.82. The number of likely N-dealkylation sites (tertiary alicyclic amines) is 1. The van der Waals surface area contributed by atoms with Crippen LogP contribution in [0.4, 0.5) is 0 Å². The van der Waals surface area contributed by atoms with Gasteiger partial charge in [0, 0.05) is 24.7 Å². The van der Waals surface area contributed by atoms with E-state index in [2.05, 4.69) is 22.6 Å². The zero-order valence-electron chi connectivity index (χ0n) is 11.3. The van der Waals surface area contributed by atoms with Gasteiger partial charge in [0.1, 0.15) is 0 Å². The number of amides is 1. The fourth-order valence-corrected chi connectivity index (χ4v) is 4.13. The summed E-state index contributed by atoms with van der Waals surface area (Å²) in [6.45, 7) is 2.08. The molecule has 3 fully saturated rings. The summed E-state index contributed by atoms with van der Waals surface area (Å²) in [4.78, 5) is 14.4. The van der Waals surface area contributed by atoms with Gasteiger partial charge in [-0.3, -0.25) is 9.69 Å². The number of nitrogens with one attached hydrogen (secondary N) is 2. The average Bonchev–Trinajstić information content (AvgIpc) is 2.81. The number of fused-ring (bicyclic) bond motifs is 1. The number of nitrogens with zero attached hydrogens (tertiary/aromatic N) is 1. The van der Waals surface area contributed by atoms with Gasteiger partial charge >= 0.3 is 0 Å². The molecule has 0 spiro atoms. The predicted octanol–water partition coefficient (Wildman–Crippen LogP) is 0.727. The monoisotopic (exact) mass is 251 g/mol. The molecule has 102 valence electrons. The van der Waals surface area contributed by atoms with Crippen molar-refractivity contribution in [3.63, 3.8) is 0 Å². The lowest BCUT2D eigenvalue weighted by molar-refractivity contribution is -0.124. The van der Waals surface area contributed by atoms with E-state index in [1.165, 1.54) is 38.6 Å². The third kappa shape index (κ3) is 2.16. The number of carbonyl (C=O) groups excluding carboxylic acids is 1. The van der Waals surface area contributed by atoms with Crippen LogP contribution in [0.15, 0.2) is 0 Å². The largest absolute Gasteiger partial charge is 0.354 e. The Bertz CT molecular complexity index is 312. The molecular formula is C14H25N3O. The molecule has 0 bridgehead atoms. The number of carbonyl (C=O) groups is 1. The molecule has 4 nitrogen and oxygen atoms in total. The second-order valence-electron chi connectivity index (χ2n) is 6.09. The summed E-state index contributed by atoms with van der Waals surface area (Å²) in [6.07, 6.45) is 7.46. The lowest BCUT2D eigenvalue weighted by Crippen LogP contribution is -2.52. The highest BCUT2D eigenvalue weighted by Crippen LogP contribution is 2.33. The van der Waals surface area contributed by atoms with Gasteiger partial charge in [0.2, 0.25) is 5.91 Å². The zero-order valence-corrected chi connectivity index (χ0v) is 11.3. The van der Waals surface area contributed by atoms with Gasteiger partial charge in [-0.05, 0) is 52.1 Å². The molecule has 0 aromatic rings. The van der Waals surface area contributed by atoms with Crippen LogP contribution in [-0.2, 0) is 4.79 Å². The van der Waals surface area contributed by atoms with Gasteiger partial charge in [-0.2, -0.15) is 0 Å². The molecule has 1 saturated carbocycles. The van der Waals surface area contributed by atoms with Crippen molar-refractivity contribution in [1.82, 2.24) is 15.5 Å². The third-order valence-electron chi connectivity index (χ3n) is 5.22. The fraction of sp³-hybridized carbons (Fsp3) is 0.929. The highest BCUT2D eigenvalue weighted by atomic mass is 16.2. The van der Waals surface area contributed by atoms with Crippen molar-refractivity contribution < 1.29 is 4.79 Å². The molecule has 1 aliphatic carbocycles. The van der Waals surface area contributed by atoms with Gasteiger partial charge < -0.3 is 10.6 Å². The van der Waals surface area contributed by atoms with Crippen molar-refractivity contribution >= 4 is 5.91 Å². The number of rotatable bonds is 2. The summed E-state index contributed by atoms with van der Waals surface area (Å²) < 4.78 is 0. The van der Waals surface area contributed by atoms with Gasteiger partial charge in [0.15, 0.2) is 0 Å². The summed E-state index contributed by atoms with van der Waals surface area (Å²) in [7, 11) is 2.07. The highest BCUT2D eigenvalue weighted by Gasteiger charge is 2.43. The molecular weight excluding hydrogens is 226 g/mol. The van der Waals surface area contributed by atoms with Crippen molar-refractivity contribution in [2.75, 3.05) is 20.1 Å². The minimum absolute atomic E-state index is 0.278. The molecule has 1 amide bonds. The molecule has 2 atom stereocenters. The molecule has 4 heteroatoms. The first-order chi connectivity index (χ1) is 8.79. The summed E-state index contributed by atoms with van der Waals surface area (Å²) >= 11 is 0. The van der Waals surface area contributed by atoms with E-state index in [0.717, 1.165) is 19.0 Å². The van der Waals surface area contributed by atoms with E-state index >= 15 is 0 Å². The molecule has 2 saturated heterocycles. The number of hydrogen-bond donors (Lipinski definition) is 2. The van der Waals surface area contributed by atoms with Crippen molar-refractivity contribution in [2.24, 2.45) is 5.92 Å². The lowest BCUT2D eigenvalue weighted by Gasteiger charge is -2.44. The van der Waals surface area contributed by atoms with Gasteiger partial charge in [0.05, 0.1) is 5.92 Å². The maximum absolute atomic E-state index is 11.8. The summed E-state index contributed by atoms with van der Waals surface area (Å²) in [6, 6.07) is 1.92. The van der Waals surface area contributed by atoms with Crippen LogP contribution in [-0.4, -0.2) is 49.1 Å². The molecule has 3 rings (SSSR count). The Morgan fingerprint density at radius 2 is 2.00 bits per heavy atom.